The first-order valence-corrected chi connectivity index (χ1v) is 6.65. The maximum Gasteiger partial charge on any atom is 0.257 e. The monoisotopic (exact) mass is 272 g/mol. The molecule has 0 aromatic carbocycles. The number of ether oxygens (including phenoxy) is 1. The summed E-state index contributed by atoms with van der Waals surface area (Å²) >= 11 is 0. The zero-order valence-electron chi connectivity index (χ0n) is 11.3. The summed E-state index contributed by atoms with van der Waals surface area (Å²) in [4.78, 5) is 16.4. The van der Waals surface area contributed by atoms with Gasteiger partial charge in [0.25, 0.3) is 5.91 Å². The largest absolute Gasteiger partial charge is 0.480 e. The van der Waals surface area contributed by atoms with Crippen molar-refractivity contribution < 1.29 is 13.9 Å². The van der Waals surface area contributed by atoms with Crippen molar-refractivity contribution in [1.82, 2.24) is 10.3 Å². The van der Waals surface area contributed by atoms with E-state index < -0.39 is 0 Å². The van der Waals surface area contributed by atoms with Crippen LogP contribution in [0.5, 0.6) is 5.88 Å². The summed E-state index contributed by atoms with van der Waals surface area (Å²) in [6, 6.07) is 5.36. The number of hydrogen-bond acceptors (Lipinski definition) is 4. The lowest BCUT2D eigenvalue weighted by molar-refractivity contribution is 0.0928. The van der Waals surface area contributed by atoms with Crippen LogP contribution in [0, 0.1) is 0 Å². The quantitative estimate of drug-likeness (QED) is 0.932. The summed E-state index contributed by atoms with van der Waals surface area (Å²) < 4.78 is 10.5. The Kier molecular flexibility index (Phi) is 3.41. The van der Waals surface area contributed by atoms with Crippen LogP contribution in [0.25, 0.3) is 0 Å². The summed E-state index contributed by atoms with van der Waals surface area (Å²) in [6.45, 7) is 0. The van der Waals surface area contributed by atoms with Crippen LogP contribution in [0.1, 0.15) is 40.6 Å². The van der Waals surface area contributed by atoms with E-state index in [0.29, 0.717) is 11.4 Å². The minimum Gasteiger partial charge on any atom is -0.480 e. The molecule has 1 amide bonds. The molecule has 5 nitrogen and oxygen atoms in total. The van der Waals surface area contributed by atoms with Gasteiger partial charge in [-0.05, 0) is 31.0 Å². The van der Waals surface area contributed by atoms with E-state index >= 15 is 0 Å². The number of carbonyl (C=O) groups is 1. The molecule has 2 aromatic rings. The standard InChI is InChI=1S/C15H16N2O3/c1-19-15-11(4-3-8-16-15)14(18)17-12-5-2-6-13-10(12)7-9-20-13/h3-4,7-9,12H,2,5-6H2,1H3,(H,17,18). The van der Waals surface area contributed by atoms with E-state index in [-0.39, 0.29) is 11.9 Å². The molecule has 1 atom stereocenters. The molecule has 3 rings (SSSR count). The number of fused-ring (bicyclic) bond motifs is 1. The first-order valence-electron chi connectivity index (χ1n) is 6.65. The lowest BCUT2D eigenvalue weighted by Gasteiger charge is -2.23. The Morgan fingerprint density at radius 1 is 1.50 bits per heavy atom. The fraction of sp³-hybridized carbons (Fsp3) is 0.333. The van der Waals surface area contributed by atoms with Crippen LogP contribution in [-0.4, -0.2) is 18.0 Å². The van der Waals surface area contributed by atoms with Gasteiger partial charge in [0.2, 0.25) is 5.88 Å². The van der Waals surface area contributed by atoms with Gasteiger partial charge >= 0.3 is 0 Å². The van der Waals surface area contributed by atoms with Crippen LogP contribution in [-0.2, 0) is 6.42 Å². The Bertz CT molecular complexity index is 621. The fourth-order valence-corrected chi connectivity index (χ4v) is 2.60. The number of hydrogen-bond donors (Lipinski definition) is 1. The lowest BCUT2D eigenvalue weighted by Crippen LogP contribution is -2.30. The SMILES string of the molecule is COc1ncccc1C(=O)NC1CCCc2occc21. The molecule has 1 N–H and O–H groups in total. The molecule has 0 saturated heterocycles. The normalized spacial score (nSPS) is 17.4. The van der Waals surface area contributed by atoms with Crippen molar-refractivity contribution in [2.45, 2.75) is 25.3 Å². The van der Waals surface area contributed by atoms with E-state index in [1.807, 2.05) is 6.07 Å². The highest BCUT2D eigenvalue weighted by atomic mass is 16.5. The number of methoxy groups -OCH3 is 1. The summed E-state index contributed by atoms with van der Waals surface area (Å²) in [5.41, 5.74) is 1.53. The van der Waals surface area contributed by atoms with E-state index in [0.717, 1.165) is 30.6 Å². The third kappa shape index (κ3) is 2.27. The molecule has 0 aliphatic heterocycles. The molecule has 0 radical (unpaired) electrons. The van der Waals surface area contributed by atoms with Gasteiger partial charge in [-0.1, -0.05) is 0 Å². The van der Waals surface area contributed by atoms with Gasteiger partial charge in [0.05, 0.1) is 19.4 Å². The number of aromatic nitrogens is 1. The third-order valence-corrected chi connectivity index (χ3v) is 3.57. The lowest BCUT2D eigenvalue weighted by atomic mass is 9.93. The zero-order chi connectivity index (χ0) is 13.9. The van der Waals surface area contributed by atoms with Crippen LogP contribution in [0.3, 0.4) is 0 Å². The van der Waals surface area contributed by atoms with E-state index in [1.165, 1.54) is 7.11 Å². The summed E-state index contributed by atoms with van der Waals surface area (Å²) in [5, 5.41) is 3.03. The molecular weight excluding hydrogens is 256 g/mol. The molecule has 0 bridgehead atoms. The van der Waals surface area contributed by atoms with Crippen molar-refractivity contribution in [3.63, 3.8) is 0 Å². The van der Waals surface area contributed by atoms with Gasteiger partial charge in [0.1, 0.15) is 11.3 Å². The number of aryl methyl sites for hydroxylation is 1. The first-order chi connectivity index (χ1) is 9.79. The summed E-state index contributed by atoms with van der Waals surface area (Å²) in [6.07, 6.45) is 6.14. The van der Waals surface area contributed by atoms with E-state index in [4.69, 9.17) is 9.15 Å². The predicted octanol–water partition coefficient (Wildman–Crippen LogP) is 2.49. The Morgan fingerprint density at radius 3 is 3.25 bits per heavy atom. The van der Waals surface area contributed by atoms with E-state index in [2.05, 4.69) is 10.3 Å². The maximum absolute atomic E-state index is 12.4. The van der Waals surface area contributed by atoms with Gasteiger partial charge in [0, 0.05) is 18.2 Å². The van der Waals surface area contributed by atoms with Gasteiger partial charge in [-0.2, -0.15) is 0 Å². The number of nitrogens with one attached hydrogen (secondary N) is 1. The van der Waals surface area contributed by atoms with Crippen molar-refractivity contribution in [2.24, 2.45) is 0 Å². The number of amides is 1. The molecule has 0 spiro atoms. The molecule has 1 aliphatic rings. The molecule has 1 aliphatic carbocycles. The molecule has 0 fully saturated rings. The van der Waals surface area contributed by atoms with Gasteiger partial charge < -0.3 is 14.5 Å². The Labute approximate surface area is 117 Å². The Morgan fingerprint density at radius 2 is 2.40 bits per heavy atom. The summed E-state index contributed by atoms with van der Waals surface area (Å²) in [7, 11) is 1.51. The van der Waals surface area contributed by atoms with Crippen molar-refractivity contribution in [3.05, 3.63) is 47.5 Å². The van der Waals surface area contributed by atoms with E-state index in [9.17, 15) is 4.79 Å². The van der Waals surface area contributed by atoms with Crippen LogP contribution < -0.4 is 10.1 Å². The second-order valence-corrected chi connectivity index (χ2v) is 4.78. The second kappa shape index (κ2) is 5.36. The van der Waals surface area contributed by atoms with Crippen molar-refractivity contribution in [2.75, 3.05) is 7.11 Å². The molecule has 2 heterocycles. The van der Waals surface area contributed by atoms with Crippen molar-refractivity contribution in [3.8, 4) is 5.88 Å². The number of carbonyl (C=O) groups excluding carboxylic acids is 1. The number of pyridine rings is 1. The number of furan rings is 1. The minimum absolute atomic E-state index is 0.00471. The number of rotatable bonds is 3. The Hall–Kier alpha value is -2.30. The van der Waals surface area contributed by atoms with Crippen LogP contribution in [0.4, 0.5) is 0 Å². The van der Waals surface area contributed by atoms with Gasteiger partial charge in [0.15, 0.2) is 0 Å². The fourth-order valence-electron chi connectivity index (χ4n) is 2.60. The number of nitrogens with zero attached hydrogens (tertiary/aromatic N) is 1. The smallest absolute Gasteiger partial charge is 0.257 e. The average Bonchev–Trinajstić information content (AvgIpc) is 2.96. The topological polar surface area (TPSA) is 64.4 Å². The van der Waals surface area contributed by atoms with Crippen molar-refractivity contribution in [1.29, 1.82) is 0 Å². The molecule has 20 heavy (non-hydrogen) atoms. The maximum atomic E-state index is 12.4. The van der Waals surface area contributed by atoms with Crippen molar-refractivity contribution >= 4 is 5.91 Å². The molecular formula is C15H16N2O3. The van der Waals surface area contributed by atoms with E-state index in [1.54, 1.807) is 24.6 Å². The Balaban J connectivity index is 1.81. The minimum atomic E-state index is -0.172. The molecule has 104 valence electrons. The van der Waals surface area contributed by atoms with Crippen LogP contribution in [0.2, 0.25) is 0 Å². The predicted molar refractivity (Wildman–Crippen MR) is 72.6 cm³/mol. The average molecular weight is 272 g/mol. The zero-order valence-corrected chi connectivity index (χ0v) is 11.3. The highest BCUT2D eigenvalue weighted by Gasteiger charge is 2.25. The molecule has 2 aromatic heterocycles. The van der Waals surface area contributed by atoms with Gasteiger partial charge in [-0.25, -0.2) is 4.98 Å². The van der Waals surface area contributed by atoms with Gasteiger partial charge in [-0.3, -0.25) is 4.79 Å². The van der Waals surface area contributed by atoms with Crippen LogP contribution >= 0.6 is 0 Å². The molecule has 0 saturated carbocycles. The van der Waals surface area contributed by atoms with Gasteiger partial charge in [-0.15, -0.1) is 0 Å². The third-order valence-electron chi connectivity index (χ3n) is 3.57. The highest BCUT2D eigenvalue weighted by molar-refractivity contribution is 5.96. The van der Waals surface area contributed by atoms with Crippen LogP contribution in [0.15, 0.2) is 35.1 Å². The first kappa shape index (κ1) is 12.7. The molecule has 5 heteroatoms. The highest BCUT2D eigenvalue weighted by Crippen LogP contribution is 2.30. The summed E-state index contributed by atoms with van der Waals surface area (Å²) in [5.74, 6) is 1.14. The second-order valence-electron chi connectivity index (χ2n) is 4.78. The molecule has 1 unspecified atom stereocenters.